The third-order valence-corrected chi connectivity index (χ3v) is 3.34. The van der Waals surface area contributed by atoms with Crippen molar-refractivity contribution in [1.29, 1.82) is 0 Å². The Morgan fingerprint density at radius 2 is 1.86 bits per heavy atom. The Morgan fingerprint density at radius 1 is 1.19 bits per heavy atom. The van der Waals surface area contributed by atoms with E-state index in [0.29, 0.717) is 5.56 Å². The van der Waals surface area contributed by atoms with Gasteiger partial charge in [0.2, 0.25) is 0 Å². The lowest BCUT2D eigenvalue weighted by Crippen LogP contribution is -2.07. The summed E-state index contributed by atoms with van der Waals surface area (Å²) < 4.78 is 4.66. The molecule has 0 aromatic heterocycles. The molecule has 2 N–H and O–H groups in total. The Morgan fingerprint density at radius 3 is 2.48 bits per heavy atom. The molecule has 0 radical (unpaired) electrons. The van der Waals surface area contributed by atoms with Gasteiger partial charge >= 0.3 is 5.97 Å². The minimum Gasteiger partial charge on any atom is -0.508 e. The average molecular weight is 285 g/mol. The predicted octanol–water partition coefficient (Wildman–Crippen LogP) is 3.66. The number of aryl methyl sites for hydroxylation is 1. The number of benzene rings is 2. The van der Waals surface area contributed by atoms with E-state index in [1.807, 2.05) is 38.1 Å². The van der Waals surface area contributed by atoms with Crippen LogP contribution in [0, 0.1) is 6.92 Å². The van der Waals surface area contributed by atoms with Crippen molar-refractivity contribution in [3.63, 3.8) is 0 Å². The SMILES string of the molecule is COC(=O)c1ccc(NC(C)c2cc(C)ccc2O)cc1. The Hall–Kier alpha value is -2.49. The molecule has 0 spiro atoms. The lowest BCUT2D eigenvalue weighted by molar-refractivity contribution is 0.0601. The van der Waals surface area contributed by atoms with Crippen LogP contribution < -0.4 is 5.32 Å². The number of hydrogen-bond acceptors (Lipinski definition) is 4. The second-order valence-electron chi connectivity index (χ2n) is 5.00. The molecule has 2 rings (SSSR count). The summed E-state index contributed by atoms with van der Waals surface area (Å²) in [5.74, 6) is -0.0855. The summed E-state index contributed by atoms with van der Waals surface area (Å²) in [7, 11) is 1.36. The van der Waals surface area contributed by atoms with Crippen molar-refractivity contribution in [2.24, 2.45) is 0 Å². The lowest BCUT2D eigenvalue weighted by Gasteiger charge is -2.17. The van der Waals surface area contributed by atoms with Gasteiger partial charge in [-0.05, 0) is 44.2 Å². The molecule has 0 amide bonds. The number of hydrogen-bond donors (Lipinski definition) is 2. The van der Waals surface area contributed by atoms with E-state index in [0.717, 1.165) is 16.8 Å². The molecular weight excluding hydrogens is 266 g/mol. The molecule has 0 heterocycles. The van der Waals surface area contributed by atoms with Crippen LogP contribution in [0.1, 0.15) is 34.5 Å². The molecule has 0 aliphatic heterocycles. The number of phenols is 1. The van der Waals surface area contributed by atoms with Gasteiger partial charge in [0.15, 0.2) is 0 Å². The molecule has 0 saturated heterocycles. The second kappa shape index (κ2) is 6.31. The number of methoxy groups -OCH3 is 1. The van der Waals surface area contributed by atoms with Gasteiger partial charge in [-0.15, -0.1) is 0 Å². The van der Waals surface area contributed by atoms with Gasteiger partial charge in [-0.25, -0.2) is 4.79 Å². The number of carbonyl (C=O) groups is 1. The van der Waals surface area contributed by atoms with Gasteiger partial charge in [-0.1, -0.05) is 17.7 Å². The van der Waals surface area contributed by atoms with Crippen molar-refractivity contribution in [3.05, 3.63) is 59.2 Å². The highest BCUT2D eigenvalue weighted by atomic mass is 16.5. The Kier molecular flexibility index (Phi) is 4.48. The number of phenolic OH excluding ortho intramolecular Hbond substituents is 1. The Labute approximate surface area is 124 Å². The topological polar surface area (TPSA) is 58.6 Å². The quantitative estimate of drug-likeness (QED) is 0.842. The van der Waals surface area contributed by atoms with Gasteiger partial charge in [0, 0.05) is 11.3 Å². The third-order valence-electron chi connectivity index (χ3n) is 3.34. The summed E-state index contributed by atoms with van der Waals surface area (Å²) in [6.07, 6.45) is 0. The molecule has 0 bridgehead atoms. The first-order valence-electron chi connectivity index (χ1n) is 6.75. The van der Waals surface area contributed by atoms with Crippen LogP contribution in [-0.2, 0) is 4.74 Å². The lowest BCUT2D eigenvalue weighted by atomic mass is 10.0. The summed E-state index contributed by atoms with van der Waals surface area (Å²) >= 11 is 0. The third kappa shape index (κ3) is 3.54. The molecule has 4 heteroatoms. The fraction of sp³-hybridized carbons (Fsp3) is 0.235. The number of aromatic hydroxyl groups is 1. The molecule has 0 fully saturated rings. The van der Waals surface area contributed by atoms with Crippen molar-refractivity contribution >= 4 is 11.7 Å². The Bertz CT molecular complexity index is 635. The van der Waals surface area contributed by atoms with E-state index in [4.69, 9.17) is 0 Å². The maximum absolute atomic E-state index is 11.4. The highest BCUT2D eigenvalue weighted by Gasteiger charge is 2.11. The van der Waals surface area contributed by atoms with Crippen molar-refractivity contribution in [2.75, 3.05) is 12.4 Å². The number of anilines is 1. The minimum absolute atomic E-state index is 0.0473. The van der Waals surface area contributed by atoms with Crippen LogP contribution in [0.5, 0.6) is 5.75 Å². The molecule has 0 aliphatic carbocycles. The van der Waals surface area contributed by atoms with Gasteiger partial charge < -0.3 is 15.2 Å². The molecule has 4 nitrogen and oxygen atoms in total. The van der Waals surface area contributed by atoms with Crippen molar-refractivity contribution in [2.45, 2.75) is 19.9 Å². The first-order chi connectivity index (χ1) is 10.0. The van der Waals surface area contributed by atoms with Gasteiger partial charge in [0.1, 0.15) is 5.75 Å². The van der Waals surface area contributed by atoms with Crippen molar-refractivity contribution < 1.29 is 14.6 Å². The van der Waals surface area contributed by atoms with Crippen LogP contribution in [0.3, 0.4) is 0 Å². The highest BCUT2D eigenvalue weighted by molar-refractivity contribution is 5.89. The largest absolute Gasteiger partial charge is 0.508 e. The maximum atomic E-state index is 11.4. The molecule has 110 valence electrons. The predicted molar refractivity (Wildman–Crippen MR) is 82.7 cm³/mol. The van der Waals surface area contributed by atoms with Crippen LogP contribution in [0.15, 0.2) is 42.5 Å². The van der Waals surface area contributed by atoms with E-state index in [1.165, 1.54) is 7.11 Å². The van der Waals surface area contributed by atoms with Crippen molar-refractivity contribution in [1.82, 2.24) is 0 Å². The number of carbonyl (C=O) groups excluding carboxylic acids is 1. The molecule has 0 saturated carbocycles. The Balaban J connectivity index is 2.14. The first kappa shape index (κ1) is 14.9. The summed E-state index contributed by atoms with van der Waals surface area (Å²) in [5.41, 5.74) is 3.31. The molecular formula is C17H19NO3. The fourth-order valence-corrected chi connectivity index (χ4v) is 2.17. The molecule has 0 aliphatic rings. The van der Waals surface area contributed by atoms with Gasteiger partial charge in [-0.2, -0.15) is 0 Å². The van der Waals surface area contributed by atoms with Gasteiger partial charge in [0.25, 0.3) is 0 Å². The van der Waals surface area contributed by atoms with Crippen molar-refractivity contribution in [3.8, 4) is 5.75 Å². The van der Waals surface area contributed by atoms with Crippen LogP contribution >= 0.6 is 0 Å². The first-order valence-corrected chi connectivity index (χ1v) is 6.75. The summed E-state index contributed by atoms with van der Waals surface area (Å²) in [4.78, 5) is 11.4. The second-order valence-corrected chi connectivity index (χ2v) is 5.00. The fourth-order valence-electron chi connectivity index (χ4n) is 2.17. The smallest absolute Gasteiger partial charge is 0.337 e. The zero-order valence-corrected chi connectivity index (χ0v) is 12.4. The van der Waals surface area contributed by atoms with Gasteiger partial charge in [0.05, 0.1) is 18.7 Å². The standard InChI is InChI=1S/C17H19NO3/c1-11-4-9-16(19)15(10-11)12(2)18-14-7-5-13(6-8-14)17(20)21-3/h4-10,12,18-19H,1-3H3. The van der Waals surface area contributed by atoms with E-state index in [9.17, 15) is 9.90 Å². The van der Waals surface area contributed by atoms with E-state index in [1.54, 1.807) is 18.2 Å². The summed E-state index contributed by atoms with van der Waals surface area (Å²) in [5, 5.41) is 13.2. The van der Waals surface area contributed by atoms with Crippen LogP contribution in [0.2, 0.25) is 0 Å². The summed E-state index contributed by atoms with van der Waals surface area (Å²) in [6, 6.07) is 12.5. The number of nitrogens with one attached hydrogen (secondary N) is 1. The monoisotopic (exact) mass is 285 g/mol. The van der Waals surface area contributed by atoms with E-state index in [-0.39, 0.29) is 17.8 Å². The van der Waals surface area contributed by atoms with E-state index in [2.05, 4.69) is 10.1 Å². The number of esters is 1. The zero-order chi connectivity index (χ0) is 15.4. The molecule has 21 heavy (non-hydrogen) atoms. The van der Waals surface area contributed by atoms with Gasteiger partial charge in [-0.3, -0.25) is 0 Å². The normalized spacial score (nSPS) is 11.8. The molecule has 2 aromatic carbocycles. The number of rotatable bonds is 4. The van der Waals surface area contributed by atoms with E-state index >= 15 is 0 Å². The van der Waals surface area contributed by atoms with Crippen LogP contribution in [0.4, 0.5) is 5.69 Å². The zero-order valence-electron chi connectivity index (χ0n) is 12.4. The van der Waals surface area contributed by atoms with E-state index < -0.39 is 0 Å². The molecule has 1 unspecified atom stereocenters. The minimum atomic E-state index is -0.356. The summed E-state index contributed by atoms with van der Waals surface area (Å²) in [6.45, 7) is 3.96. The number of ether oxygens (including phenoxy) is 1. The van der Waals surface area contributed by atoms with Crippen LogP contribution in [-0.4, -0.2) is 18.2 Å². The molecule has 2 aromatic rings. The average Bonchev–Trinajstić information content (AvgIpc) is 2.49. The maximum Gasteiger partial charge on any atom is 0.337 e. The molecule has 1 atom stereocenters. The highest BCUT2D eigenvalue weighted by Crippen LogP contribution is 2.27. The van der Waals surface area contributed by atoms with Crippen LogP contribution in [0.25, 0.3) is 0 Å².